The number of ether oxygens (including phenoxy) is 1. The summed E-state index contributed by atoms with van der Waals surface area (Å²) in [4.78, 5) is 22.2. The molecule has 1 aromatic heterocycles. The summed E-state index contributed by atoms with van der Waals surface area (Å²) in [6.07, 6.45) is 3.22. The van der Waals surface area contributed by atoms with Crippen molar-refractivity contribution in [1.82, 2.24) is 9.88 Å². The molecule has 0 atom stereocenters. The van der Waals surface area contributed by atoms with E-state index in [0.717, 1.165) is 65.6 Å². The van der Waals surface area contributed by atoms with Gasteiger partial charge in [-0.25, -0.2) is 4.98 Å². The Morgan fingerprint density at radius 2 is 2.10 bits per heavy atom. The van der Waals surface area contributed by atoms with Gasteiger partial charge in [-0.3, -0.25) is 9.69 Å². The highest BCUT2D eigenvalue weighted by Gasteiger charge is 2.33. The molecule has 1 amide bonds. The molecule has 1 fully saturated rings. The van der Waals surface area contributed by atoms with Crippen LogP contribution < -0.4 is 9.64 Å². The zero-order valence-corrected chi connectivity index (χ0v) is 18.8. The Bertz CT molecular complexity index is 1110. The number of para-hydroxylation sites is 1. The maximum atomic E-state index is 13.3. The van der Waals surface area contributed by atoms with Gasteiger partial charge in [-0.1, -0.05) is 24.3 Å². The summed E-state index contributed by atoms with van der Waals surface area (Å²) < 4.78 is 5.52. The number of benzene rings is 2. The van der Waals surface area contributed by atoms with Crippen molar-refractivity contribution in [2.75, 3.05) is 25.1 Å². The zero-order valence-electron chi connectivity index (χ0n) is 18.0. The number of carbonyl (C=O) groups is 1. The lowest BCUT2D eigenvalue weighted by atomic mass is 10.1. The minimum atomic E-state index is 0.179. The summed E-state index contributed by atoms with van der Waals surface area (Å²) in [6.45, 7) is 3.96. The van der Waals surface area contributed by atoms with Crippen LogP contribution in [0.4, 0.5) is 5.69 Å². The molecule has 6 heteroatoms. The van der Waals surface area contributed by atoms with Crippen molar-refractivity contribution in [3.05, 3.63) is 64.0 Å². The molecule has 0 spiro atoms. The number of amides is 1. The Morgan fingerprint density at radius 3 is 2.84 bits per heavy atom. The van der Waals surface area contributed by atoms with Gasteiger partial charge in [-0.2, -0.15) is 0 Å². The van der Waals surface area contributed by atoms with E-state index in [1.807, 2.05) is 30.0 Å². The number of rotatable bonds is 7. The number of thiazole rings is 1. The number of hydrogen-bond donors (Lipinski definition) is 0. The molecule has 3 aromatic rings. The number of anilines is 1. The molecule has 0 bridgehead atoms. The van der Waals surface area contributed by atoms with Crippen LogP contribution >= 0.6 is 11.3 Å². The minimum Gasteiger partial charge on any atom is -0.496 e. The normalized spacial score (nSPS) is 15.4. The van der Waals surface area contributed by atoms with Crippen LogP contribution in [0.5, 0.6) is 5.75 Å². The number of aromatic nitrogens is 1. The van der Waals surface area contributed by atoms with Crippen molar-refractivity contribution in [2.24, 2.45) is 0 Å². The number of methoxy groups -OCH3 is 1. The topological polar surface area (TPSA) is 45.7 Å². The standard InChI is InChI=1S/C25H27N3O2S/c1-17-26-22(16-31-17)18-7-10-23-19(13-18)11-12-28(23)25(29)15-27(21-8-9-21)14-20-5-3-4-6-24(20)30-2/h3-7,10,13,16,21H,8-9,11-12,14-15H2,1-2H3. The fourth-order valence-corrected chi connectivity index (χ4v) is 5.00. The summed E-state index contributed by atoms with van der Waals surface area (Å²) >= 11 is 1.67. The van der Waals surface area contributed by atoms with Gasteiger partial charge < -0.3 is 9.64 Å². The summed E-state index contributed by atoms with van der Waals surface area (Å²) in [6, 6.07) is 15.0. The van der Waals surface area contributed by atoms with E-state index >= 15 is 0 Å². The van der Waals surface area contributed by atoms with Crippen LogP contribution in [0.25, 0.3) is 11.3 Å². The number of fused-ring (bicyclic) bond motifs is 1. The van der Waals surface area contributed by atoms with Crippen LogP contribution in [-0.2, 0) is 17.8 Å². The fourth-order valence-electron chi connectivity index (χ4n) is 4.38. The van der Waals surface area contributed by atoms with Crippen molar-refractivity contribution in [3.8, 4) is 17.0 Å². The quantitative estimate of drug-likeness (QED) is 0.543. The van der Waals surface area contributed by atoms with E-state index in [1.54, 1.807) is 18.4 Å². The lowest BCUT2D eigenvalue weighted by Gasteiger charge is -2.26. The molecule has 160 valence electrons. The third-order valence-electron chi connectivity index (χ3n) is 6.16. The molecule has 0 radical (unpaired) electrons. The highest BCUT2D eigenvalue weighted by Crippen LogP contribution is 2.34. The zero-order chi connectivity index (χ0) is 21.4. The first-order chi connectivity index (χ1) is 15.1. The van der Waals surface area contributed by atoms with Crippen molar-refractivity contribution in [2.45, 2.75) is 38.8 Å². The van der Waals surface area contributed by atoms with Gasteiger partial charge in [0.2, 0.25) is 5.91 Å². The second-order valence-corrected chi connectivity index (χ2v) is 9.40. The second kappa shape index (κ2) is 8.44. The van der Waals surface area contributed by atoms with Gasteiger partial charge in [0.1, 0.15) is 5.75 Å². The number of carbonyl (C=O) groups excluding carboxylic acids is 1. The molecule has 31 heavy (non-hydrogen) atoms. The Kier molecular flexibility index (Phi) is 5.50. The largest absolute Gasteiger partial charge is 0.496 e. The van der Waals surface area contributed by atoms with E-state index in [4.69, 9.17) is 4.74 Å². The first-order valence-corrected chi connectivity index (χ1v) is 11.7. The van der Waals surface area contributed by atoms with E-state index in [0.29, 0.717) is 12.6 Å². The molecular formula is C25H27N3O2S. The average molecular weight is 434 g/mol. The van der Waals surface area contributed by atoms with E-state index in [2.05, 4.69) is 39.5 Å². The molecule has 0 N–H and O–H groups in total. The molecule has 5 nitrogen and oxygen atoms in total. The SMILES string of the molecule is COc1ccccc1CN(CC(=O)N1CCc2cc(-c3csc(C)n3)ccc21)C1CC1. The highest BCUT2D eigenvalue weighted by molar-refractivity contribution is 7.09. The van der Waals surface area contributed by atoms with Gasteiger partial charge in [0.15, 0.2) is 0 Å². The minimum absolute atomic E-state index is 0.179. The molecule has 2 heterocycles. The molecule has 1 saturated carbocycles. The van der Waals surface area contributed by atoms with Crippen molar-refractivity contribution in [1.29, 1.82) is 0 Å². The number of hydrogen-bond acceptors (Lipinski definition) is 5. The molecule has 1 aliphatic heterocycles. The van der Waals surface area contributed by atoms with E-state index in [-0.39, 0.29) is 5.91 Å². The van der Waals surface area contributed by atoms with Gasteiger partial charge in [-0.05, 0) is 49.9 Å². The Balaban J connectivity index is 1.31. The monoisotopic (exact) mass is 433 g/mol. The van der Waals surface area contributed by atoms with E-state index in [9.17, 15) is 4.79 Å². The summed E-state index contributed by atoms with van der Waals surface area (Å²) in [5.74, 6) is 1.06. The fraction of sp³-hybridized carbons (Fsp3) is 0.360. The van der Waals surface area contributed by atoms with Gasteiger partial charge in [0.05, 0.1) is 24.4 Å². The lowest BCUT2D eigenvalue weighted by Crippen LogP contribution is -2.40. The van der Waals surface area contributed by atoms with Gasteiger partial charge in [0.25, 0.3) is 0 Å². The number of aryl methyl sites for hydroxylation is 1. The average Bonchev–Trinajstić information content (AvgIpc) is 3.40. The highest BCUT2D eigenvalue weighted by atomic mass is 32.1. The summed E-state index contributed by atoms with van der Waals surface area (Å²) in [5.41, 5.74) is 5.57. The third kappa shape index (κ3) is 4.23. The van der Waals surface area contributed by atoms with E-state index in [1.165, 1.54) is 5.56 Å². The van der Waals surface area contributed by atoms with Crippen molar-refractivity contribution < 1.29 is 9.53 Å². The molecule has 5 rings (SSSR count). The molecule has 2 aliphatic rings. The van der Waals surface area contributed by atoms with Crippen molar-refractivity contribution >= 4 is 22.9 Å². The van der Waals surface area contributed by atoms with E-state index < -0.39 is 0 Å². The predicted octanol–water partition coefficient (Wildman–Crippen LogP) is 4.68. The van der Waals surface area contributed by atoms with Crippen LogP contribution in [0.1, 0.15) is 29.0 Å². The van der Waals surface area contributed by atoms with Crippen LogP contribution in [0.2, 0.25) is 0 Å². The molecular weight excluding hydrogens is 406 g/mol. The predicted molar refractivity (Wildman–Crippen MR) is 125 cm³/mol. The molecule has 2 aromatic carbocycles. The molecule has 0 unspecified atom stereocenters. The molecule has 1 aliphatic carbocycles. The smallest absolute Gasteiger partial charge is 0.241 e. The first-order valence-electron chi connectivity index (χ1n) is 10.8. The Labute approximate surface area is 187 Å². The maximum Gasteiger partial charge on any atom is 0.241 e. The number of nitrogens with zero attached hydrogens (tertiary/aromatic N) is 3. The van der Waals surface area contributed by atoms with Gasteiger partial charge in [-0.15, -0.1) is 11.3 Å². The first kappa shape index (κ1) is 20.2. The lowest BCUT2D eigenvalue weighted by molar-refractivity contribution is -0.119. The summed E-state index contributed by atoms with van der Waals surface area (Å²) in [7, 11) is 1.70. The van der Waals surface area contributed by atoms with Crippen LogP contribution in [0.15, 0.2) is 47.8 Å². The Hall–Kier alpha value is -2.70. The Morgan fingerprint density at radius 1 is 1.26 bits per heavy atom. The van der Waals surface area contributed by atoms with Crippen LogP contribution in [0, 0.1) is 6.92 Å². The second-order valence-electron chi connectivity index (χ2n) is 8.34. The third-order valence-corrected chi connectivity index (χ3v) is 6.93. The van der Waals surface area contributed by atoms with Crippen LogP contribution in [0.3, 0.4) is 0 Å². The maximum absolute atomic E-state index is 13.3. The summed E-state index contributed by atoms with van der Waals surface area (Å²) in [5, 5.41) is 3.17. The van der Waals surface area contributed by atoms with Gasteiger partial charge in [0, 0.05) is 41.3 Å². The van der Waals surface area contributed by atoms with Gasteiger partial charge >= 0.3 is 0 Å². The van der Waals surface area contributed by atoms with Crippen molar-refractivity contribution in [3.63, 3.8) is 0 Å². The molecule has 0 saturated heterocycles. The van der Waals surface area contributed by atoms with Crippen LogP contribution in [-0.4, -0.2) is 42.0 Å².